The highest BCUT2D eigenvalue weighted by molar-refractivity contribution is 5.90. The van der Waals surface area contributed by atoms with Crippen molar-refractivity contribution in [2.45, 2.75) is 5.41 Å². The largest absolute Gasteiger partial charge is 0.457 e. The Hall–Kier alpha value is -7.94. The molecule has 0 bridgehead atoms. The second-order valence-electron chi connectivity index (χ2n) is 14.6. The quantitative estimate of drug-likeness (QED) is 0.176. The van der Waals surface area contributed by atoms with E-state index >= 15 is 0 Å². The van der Waals surface area contributed by atoms with Crippen LogP contribution in [0.2, 0.25) is 0 Å². The van der Waals surface area contributed by atoms with Gasteiger partial charge >= 0.3 is 0 Å². The Morgan fingerprint density at radius 1 is 0.362 bits per heavy atom. The van der Waals surface area contributed by atoms with Crippen LogP contribution in [0.3, 0.4) is 0 Å². The van der Waals surface area contributed by atoms with Gasteiger partial charge in [0.1, 0.15) is 11.5 Å². The van der Waals surface area contributed by atoms with E-state index in [-0.39, 0.29) is 0 Å². The topological polar surface area (TPSA) is 71.7 Å². The van der Waals surface area contributed by atoms with E-state index in [1.54, 1.807) is 0 Å². The van der Waals surface area contributed by atoms with Gasteiger partial charge in [-0.05, 0) is 80.9 Å². The summed E-state index contributed by atoms with van der Waals surface area (Å²) in [4.78, 5) is 15.4. The molecule has 0 atom stereocenters. The van der Waals surface area contributed by atoms with Crippen molar-refractivity contribution >= 4 is 0 Å². The molecule has 0 amide bonds. The highest BCUT2D eigenvalue weighted by Gasteiger charge is 2.51. The van der Waals surface area contributed by atoms with Crippen molar-refractivity contribution < 1.29 is 4.74 Å². The van der Waals surface area contributed by atoms with Crippen LogP contribution in [0.4, 0.5) is 0 Å². The van der Waals surface area contributed by atoms with Crippen LogP contribution in [0, 0.1) is 11.3 Å². The molecule has 8 aromatic carbocycles. The van der Waals surface area contributed by atoms with Crippen molar-refractivity contribution in [3.8, 4) is 85.1 Å². The lowest BCUT2D eigenvalue weighted by Crippen LogP contribution is -2.32. The molecular formula is C53H32N4O. The number of benzene rings is 8. The lowest BCUT2D eigenvalue weighted by molar-refractivity contribution is 0.436. The maximum Gasteiger partial charge on any atom is 0.164 e. The fourth-order valence-corrected chi connectivity index (χ4v) is 8.83. The van der Waals surface area contributed by atoms with E-state index in [1.165, 1.54) is 22.3 Å². The maximum absolute atomic E-state index is 10.1. The van der Waals surface area contributed by atoms with E-state index in [4.69, 9.17) is 19.7 Å². The van der Waals surface area contributed by atoms with Gasteiger partial charge in [0.05, 0.1) is 17.0 Å². The summed E-state index contributed by atoms with van der Waals surface area (Å²) in [6, 6.07) is 69.0. The van der Waals surface area contributed by atoms with Crippen LogP contribution >= 0.6 is 0 Å². The molecule has 0 unspecified atom stereocenters. The van der Waals surface area contributed by atoms with Crippen molar-refractivity contribution in [2.75, 3.05) is 0 Å². The van der Waals surface area contributed by atoms with Crippen molar-refractivity contribution in [1.82, 2.24) is 15.0 Å². The lowest BCUT2D eigenvalue weighted by atomic mass is 9.65. The van der Waals surface area contributed by atoms with Crippen LogP contribution in [0.15, 0.2) is 194 Å². The molecular weight excluding hydrogens is 709 g/mol. The van der Waals surface area contributed by atoms with Gasteiger partial charge in [0, 0.05) is 27.8 Å². The second kappa shape index (κ2) is 13.4. The zero-order valence-electron chi connectivity index (χ0n) is 31.2. The van der Waals surface area contributed by atoms with E-state index in [2.05, 4.69) is 133 Å². The predicted molar refractivity (Wildman–Crippen MR) is 229 cm³/mol. The highest BCUT2D eigenvalue weighted by atomic mass is 16.5. The van der Waals surface area contributed by atoms with Crippen molar-refractivity contribution in [1.29, 1.82) is 5.26 Å². The summed E-state index contributed by atoms with van der Waals surface area (Å²) in [6.45, 7) is 0. The number of hydrogen-bond acceptors (Lipinski definition) is 5. The molecule has 2 aliphatic rings. The molecule has 1 aromatic heterocycles. The van der Waals surface area contributed by atoms with Gasteiger partial charge in [-0.1, -0.05) is 158 Å². The Kier molecular flexibility index (Phi) is 7.70. The highest BCUT2D eigenvalue weighted by Crippen LogP contribution is 2.62. The fourth-order valence-electron chi connectivity index (χ4n) is 8.83. The first-order valence-electron chi connectivity index (χ1n) is 19.3. The summed E-state index contributed by atoms with van der Waals surface area (Å²) in [7, 11) is 0. The Morgan fingerprint density at radius 2 is 0.776 bits per heavy atom. The van der Waals surface area contributed by atoms with Gasteiger partial charge in [0.15, 0.2) is 17.5 Å². The Labute approximate surface area is 336 Å². The SMILES string of the molecule is N#Cc1ccccc1-c1ccc2c(c1)C1(c3cc(-c4nc(-c5ccccc5)nc(-c5ccc(-c6ccccc6)cc5)n4)ccc3O2)c2ccccc2-c2ccccc21. The summed E-state index contributed by atoms with van der Waals surface area (Å²) in [6.07, 6.45) is 0. The molecule has 11 rings (SSSR count). The number of rotatable bonds is 5. The summed E-state index contributed by atoms with van der Waals surface area (Å²) < 4.78 is 6.85. The molecule has 0 radical (unpaired) electrons. The predicted octanol–water partition coefficient (Wildman–Crippen LogP) is 12.5. The van der Waals surface area contributed by atoms with E-state index in [0.29, 0.717) is 23.0 Å². The second-order valence-corrected chi connectivity index (χ2v) is 14.6. The zero-order chi connectivity index (χ0) is 38.6. The van der Waals surface area contributed by atoms with Gasteiger partial charge in [-0.25, -0.2) is 15.0 Å². The third kappa shape index (κ3) is 5.20. The molecule has 270 valence electrons. The number of fused-ring (bicyclic) bond motifs is 9. The Morgan fingerprint density at radius 3 is 1.38 bits per heavy atom. The van der Waals surface area contributed by atoms with Gasteiger partial charge in [-0.2, -0.15) is 5.26 Å². The average Bonchev–Trinajstić information content (AvgIpc) is 3.60. The Balaban J connectivity index is 1.14. The van der Waals surface area contributed by atoms with Crippen LogP contribution in [-0.4, -0.2) is 15.0 Å². The smallest absolute Gasteiger partial charge is 0.164 e. The van der Waals surface area contributed by atoms with Gasteiger partial charge in [-0.3, -0.25) is 0 Å². The molecule has 5 heteroatoms. The monoisotopic (exact) mass is 740 g/mol. The molecule has 0 N–H and O–H groups in total. The van der Waals surface area contributed by atoms with Crippen LogP contribution in [0.25, 0.3) is 67.5 Å². The van der Waals surface area contributed by atoms with E-state index in [1.807, 2.05) is 66.7 Å². The standard InChI is InChI=1S/C53H32N4O/c54-33-40-17-7-8-18-41(40)38-27-29-48-46(31-38)53(44-21-11-9-19-42(44)43-20-10-12-22-45(43)53)47-32-39(28-30-49(47)58-48)52-56-50(36-15-5-2-6-16-36)55-51(57-52)37-25-23-35(24-26-37)34-13-3-1-4-14-34/h1-32H. The minimum atomic E-state index is -0.741. The molecule has 1 spiro atoms. The zero-order valence-corrected chi connectivity index (χ0v) is 31.2. The average molecular weight is 741 g/mol. The molecule has 5 nitrogen and oxygen atoms in total. The maximum atomic E-state index is 10.1. The van der Waals surface area contributed by atoms with Gasteiger partial charge in [-0.15, -0.1) is 0 Å². The van der Waals surface area contributed by atoms with E-state index in [0.717, 1.165) is 61.6 Å². The first-order valence-corrected chi connectivity index (χ1v) is 19.3. The summed E-state index contributed by atoms with van der Waals surface area (Å²) >= 11 is 0. The van der Waals surface area contributed by atoms with Crippen LogP contribution in [0.5, 0.6) is 11.5 Å². The number of nitrogens with zero attached hydrogens (tertiary/aromatic N) is 4. The first kappa shape index (κ1) is 33.4. The normalized spacial score (nSPS) is 12.7. The minimum absolute atomic E-state index is 0.566. The summed E-state index contributed by atoms with van der Waals surface area (Å²) in [5.41, 5.74) is 13.4. The van der Waals surface area contributed by atoms with Crippen molar-refractivity contribution in [3.63, 3.8) is 0 Å². The minimum Gasteiger partial charge on any atom is -0.457 e. The molecule has 0 saturated heterocycles. The summed E-state index contributed by atoms with van der Waals surface area (Å²) in [5, 5.41) is 10.1. The molecule has 1 aliphatic heterocycles. The number of aromatic nitrogens is 3. The third-order valence-electron chi connectivity index (χ3n) is 11.5. The van der Waals surface area contributed by atoms with Crippen LogP contribution in [0.1, 0.15) is 27.8 Å². The number of nitriles is 1. The van der Waals surface area contributed by atoms with Crippen molar-refractivity contribution in [2.24, 2.45) is 0 Å². The van der Waals surface area contributed by atoms with Crippen LogP contribution in [-0.2, 0) is 5.41 Å². The van der Waals surface area contributed by atoms with Crippen LogP contribution < -0.4 is 4.74 Å². The molecule has 9 aromatic rings. The lowest BCUT2D eigenvalue weighted by Gasteiger charge is -2.40. The van der Waals surface area contributed by atoms with E-state index in [9.17, 15) is 5.26 Å². The van der Waals surface area contributed by atoms with E-state index < -0.39 is 5.41 Å². The van der Waals surface area contributed by atoms with Gasteiger partial charge < -0.3 is 4.74 Å². The number of hydrogen-bond donors (Lipinski definition) is 0. The van der Waals surface area contributed by atoms with Crippen molar-refractivity contribution in [3.05, 3.63) is 222 Å². The third-order valence-corrected chi connectivity index (χ3v) is 11.5. The first-order chi connectivity index (χ1) is 28.7. The molecule has 0 saturated carbocycles. The van der Waals surface area contributed by atoms with Gasteiger partial charge in [0.25, 0.3) is 0 Å². The number of ether oxygens (including phenoxy) is 1. The molecule has 58 heavy (non-hydrogen) atoms. The molecule has 0 fully saturated rings. The van der Waals surface area contributed by atoms with Gasteiger partial charge in [0.2, 0.25) is 0 Å². The molecule has 1 aliphatic carbocycles. The molecule has 2 heterocycles. The summed E-state index contributed by atoms with van der Waals surface area (Å²) in [5.74, 6) is 3.30. The Bertz CT molecular complexity index is 3050. The fraction of sp³-hybridized carbons (Fsp3) is 0.0189.